The van der Waals surface area contributed by atoms with Crippen LogP contribution in [0, 0.1) is 0 Å². The number of carboxylic acids is 1. The van der Waals surface area contributed by atoms with Crippen molar-refractivity contribution in [3.05, 3.63) is 11.1 Å². The Labute approximate surface area is 100 Å². The largest absolute Gasteiger partial charge is 1.00 e. The molecule has 0 N–H and O–H groups in total. The third-order valence-electron chi connectivity index (χ3n) is 1.22. The molecule has 0 heterocycles. The number of aliphatic carboxylic acids is 1. The van der Waals surface area contributed by atoms with Gasteiger partial charge in [-0.2, -0.15) is 0 Å². The van der Waals surface area contributed by atoms with E-state index in [2.05, 4.69) is 0 Å². The number of rotatable bonds is 5. The van der Waals surface area contributed by atoms with E-state index in [4.69, 9.17) is 11.6 Å². The molecule has 0 saturated carbocycles. The van der Waals surface area contributed by atoms with E-state index < -0.39 is 5.97 Å². The molecule has 2 nitrogen and oxygen atoms in total. The van der Waals surface area contributed by atoms with Crippen LogP contribution in [0.15, 0.2) is 11.1 Å². The van der Waals surface area contributed by atoms with Crippen molar-refractivity contribution in [2.45, 2.75) is 32.6 Å². The molecule has 0 aromatic rings. The predicted octanol–water partition coefficient (Wildman–Crippen LogP) is -1.56. The third kappa shape index (κ3) is 10.5. The van der Waals surface area contributed by atoms with Crippen molar-refractivity contribution in [1.82, 2.24) is 0 Å². The van der Waals surface area contributed by atoms with Gasteiger partial charge in [0, 0.05) is 11.0 Å². The van der Waals surface area contributed by atoms with E-state index >= 15 is 0 Å². The van der Waals surface area contributed by atoms with Crippen LogP contribution in [-0.4, -0.2) is 5.97 Å². The molecular weight excluding hydrogens is 187 g/mol. The van der Waals surface area contributed by atoms with Gasteiger partial charge < -0.3 is 9.90 Å². The van der Waals surface area contributed by atoms with E-state index in [1.54, 1.807) is 0 Å². The number of unbranched alkanes of at least 4 members (excludes halogenated alkanes) is 1. The molecule has 0 aliphatic carbocycles. The summed E-state index contributed by atoms with van der Waals surface area (Å²) < 4.78 is 0. The SMILES string of the molecule is CCC/C=C(\Cl)CCC(=O)[O-].[Na+]. The minimum atomic E-state index is -1.05. The van der Waals surface area contributed by atoms with E-state index in [9.17, 15) is 9.90 Å². The average molecular weight is 199 g/mol. The Bertz CT molecular complexity index is 157. The first-order valence-electron chi connectivity index (χ1n) is 3.71. The van der Waals surface area contributed by atoms with Crippen LogP contribution < -0.4 is 34.7 Å². The summed E-state index contributed by atoms with van der Waals surface area (Å²) in [6.45, 7) is 2.04. The maximum atomic E-state index is 9.98. The number of carboxylic acid groups (broad SMARTS) is 1. The topological polar surface area (TPSA) is 40.1 Å². The number of halogens is 1. The summed E-state index contributed by atoms with van der Waals surface area (Å²) in [7, 11) is 0. The fourth-order valence-corrected chi connectivity index (χ4v) is 0.828. The molecule has 0 rings (SSSR count). The molecule has 0 spiro atoms. The first-order valence-corrected chi connectivity index (χ1v) is 4.09. The summed E-state index contributed by atoms with van der Waals surface area (Å²) >= 11 is 5.67. The molecule has 0 atom stereocenters. The van der Waals surface area contributed by atoms with Crippen molar-refractivity contribution in [3.63, 3.8) is 0 Å². The Morgan fingerprint density at radius 3 is 2.50 bits per heavy atom. The van der Waals surface area contributed by atoms with Gasteiger partial charge >= 0.3 is 29.6 Å². The van der Waals surface area contributed by atoms with Crippen LogP contribution in [0.5, 0.6) is 0 Å². The molecule has 0 radical (unpaired) electrons. The van der Waals surface area contributed by atoms with E-state index in [1.807, 2.05) is 13.0 Å². The number of hydrogen-bond donors (Lipinski definition) is 0. The summed E-state index contributed by atoms with van der Waals surface area (Å²) in [5, 5.41) is 10.6. The third-order valence-corrected chi connectivity index (χ3v) is 1.57. The Balaban J connectivity index is 0. The summed E-state index contributed by atoms with van der Waals surface area (Å²) in [6, 6.07) is 0. The summed E-state index contributed by atoms with van der Waals surface area (Å²) in [4.78, 5) is 9.98. The van der Waals surface area contributed by atoms with Crippen LogP contribution in [0.3, 0.4) is 0 Å². The molecule has 0 bridgehead atoms. The van der Waals surface area contributed by atoms with Crippen LogP contribution >= 0.6 is 11.6 Å². The number of hydrogen-bond acceptors (Lipinski definition) is 2. The van der Waals surface area contributed by atoms with Gasteiger partial charge in [-0.15, -0.1) is 0 Å². The molecule has 4 heteroatoms. The second-order valence-electron chi connectivity index (χ2n) is 2.31. The fourth-order valence-electron chi connectivity index (χ4n) is 0.624. The maximum Gasteiger partial charge on any atom is 1.00 e. The van der Waals surface area contributed by atoms with Gasteiger partial charge in [0.05, 0.1) is 0 Å². The van der Waals surface area contributed by atoms with Gasteiger partial charge in [-0.25, -0.2) is 0 Å². The van der Waals surface area contributed by atoms with Crippen molar-refractivity contribution in [2.75, 3.05) is 0 Å². The van der Waals surface area contributed by atoms with E-state index in [-0.39, 0.29) is 36.0 Å². The Kier molecular flexibility index (Phi) is 12.0. The zero-order chi connectivity index (χ0) is 8.69. The minimum absolute atomic E-state index is 0. The maximum absolute atomic E-state index is 9.98. The predicted molar refractivity (Wildman–Crippen MR) is 43.1 cm³/mol. The van der Waals surface area contributed by atoms with Gasteiger partial charge in [0.2, 0.25) is 0 Å². The molecule has 0 aromatic carbocycles. The Hall–Kier alpha value is 0.500. The van der Waals surface area contributed by atoms with Gasteiger partial charge in [-0.05, 0) is 19.3 Å². The quantitative estimate of drug-likeness (QED) is 0.502. The second-order valence-corrected chi connectivity index (χ2v) is 2.80. The summed E-state index contributed by atoms with van der Waals surface area (Å²) in [5.74, 6) is -1.05. The fraction of sp³-hybridized carbons (Fsp3) is 0.625. The zero-order valence-corrected chi connectivity index (χ0v) is 10.4. The van der Waals surface area contributed by atoms with Gasteiger partial charge in [0.25, 0.3) is 0 Å². The molecule has 12 heavy (non-hydrogen) atoms. The first-order chi connectivity index (χ1) is 5.16. The van der Waals surface area contributed by atoms with Crippen molar-refractivity contribution in [2.24, 2.45) is 0 Å². The molecule has 0 saturated heterocycles. The van der Waals surface area contributed by atoms with Crippen molar-refractivity contribution >= 4 is 17.6 Å². The van der Waals surface area contributed by atoms with E-state index in [0.717, 1.165) is 12.8 Å². The molecule has 0 aromatic heterocycles. The summed E-state index contributed by atoms with van der Waals surface area (Å²) in [5.41, 5.74) is 0. The molecule has 0 unspecified atom stereocenters. The standard InChI is InChI=1S/C8H13ClO2.Na/c1-2-3-4-7(9)5-6-8(10)11;/h4H,2-3,5-6H2,1H3,(H,10,11);/q;+1/p-1/b7-4-;. The first kappa shape index (κ1) is 15.0. The Morgan fingerprint density at radius 2 is 2.08 bits per heavy atom. The molecular formula is C8H12ClNaO2. The molecule has 0 amide bonds. The van der Waals surface area contributed by atoms with Gasteiger partial charge in [0.15, 0.2) is 0 Å². The monoisotopic (exact) mass is 198 g/mol. The van der Waals surface area contributed by atoms with Crippen molar-refractivity contribution < 1.29 is 39.5 Å². The zero-order valence-electron chi connectivity index (χ0n) is 7.60. The van der Waals surface area contributed by atoms with Gasteiger partial charge in [-0.3, -0.25) is 0 Å². The smallest absolute Gasteiger partial charge is 0.550 e. The molecule has 0 fully saturated rings. The van der Waals surface area contributed by atoms with Crippen LogP contribution in [-0.2, 0) is 4.79 Å². The Morgan fingerprint density at radius 1 is 1.50 bits per heavy atom. The average Bonchev–Trinajstić information content (AvgIpc) is 1.97. The molecule has 64 valence electrons. The normalized spacial score (nSPS) is 10.7. The van der Waals surface area contributed by atoms with Crippen LogP contribution in [0.25, 0.3) is 0 Å². The van der Waals surface area contributed by atoms with Crippen LogP contribution in [0.4, 0.5) is 0 Å². The van der Waals surface area contributed by atoms with E-state index in [1.165, 1.54) is 0 Å². The molecule has 0 aliphatic rings. The number of allylic oxidation sites excluding steroid dienone is 2. The molecule has 0 aliphatic heterocycles. The summed E-state index contributed by atoms with van der Waals surface area (Å²) in [6.07, 6.45) is 4.20. The number of carbonyl (C=O) groups excluding carboxylic acids is 1. The van der Waals surface area contributed by atoms with Crippen LogP contribution in [0.1, 0.15) is 32.6 Å². The second kappa shape index (κ2) is 9.59. The number of carbonyl (C=O) groups is 1. The van der Waals surface area contributed by atoms with Gasteiger partial charge in [0.1, 0.15) is 0 Å². The van der Waals surface area contributed by atoms with E-state index in [0.29, 0.717) is 11.5 Å². The minimum Gasteiger partial charge on any atom is -0.550 e. The van der Waals surface area contributed by atoms with Gasteiger partial charge in [-0.1, -0.05) is 31.0 Å². The van der Waals surface area contributed by atoms with Crippen LogP contribution in [0.2, 0.25) is 0 Å². The van der Waals surface area contributed by atoms with Crippen molar-refractivity contribution in [3.8, 4) is 0 Å². The van der Waals surface area contributed by atoms with Crippen molar-refractivity contribution in [1.29, 1.82) is 0 Å².